The molecular formula is C20H26N6OS. The zero-order chi connectivity index (χ0) is 19.2. The summed E-state index contributed by atoms with van der Waals surface area (Å²) in [6.07, 6.45) is 7.28. The largest absolute Gasteiger partial charge is 0.369 e. The van der Waals surface area contributed by atoms with Gasteiger partial charge in [0.15, 0.2) is 0 Å². The van der Waals surface area contributed by atoms with Crippen LogP contribution in [0.3, 0.4) is 0 Å². The number of amides is 1. The quantitative estimate of drug-likeness (QED) is 0.825. The standard InChI is InChI=1S/C20H26N6OS/c27-19(22-13-17-3-1-2-6-21-17)16-4-7-25(8-5-16)18-14-23-20(24-15-18)26-9-11-28-12-10-26/h1-3,6,14-16H,4-5,7-13H2,(H,22,27). The second-order valence-corrected chi connectivity index (χ2v) is 8.37. The molecule has 1 amide bonds. The van der Waals surface area contributed by atoms with Gasteiger partial charge in [-0.1, -0.05) is 6.07 Å². The first-order chi connectivity index (χ1) is 13.8. The first kappa shape index (κ1) is 19.0. The first-order valence-electron chi connectivity index (χ1n) is 9.87. The van der Waals surface area contributed by atoms with Gasteiger partial charge in [-0.2, -0.15) is 11.8 Å². The number of thioether (sulfide) groups is 1. The van der Waals surface area contributed by atoms with Crippen molar-refractivity contribution in [2.24, 2.45) is 5.92 Å². The van der Waals surface area contributed by atoms with Gasteiger partial charge in [-0.15, -0.1) is 0 Å². The van der Waals surface area contributed by atoms with Crippen molar-refractivity contribution in [3.8, 4) is 0 Å². The highest BCUT2D eigenvalue weighted by Crippen LogP contribution is 2.24. The maximum atomic E-state index is 12.4. The van der Waals surface area contributed by atoms with Crippen LogP contribution in [0.15, 0.2) is 36.8 Å². The minimum Gasteiger partial charge on any atom is -0.369 e. The number of carbonyl (C=O) groups excluding carboxylic acids is 1. The van der Waals surface area contributed by atoms with E-state index in [2.05, 4.69) is 30.1 Å². The summed E-state index contributed by atoms with van der Waals surface area (Å²) in [5.74, 6) is 3.29. The Morgan fingerprint density at radius 3 is 2.46 bits per heavy atom. The number of rotatable bonds is 5. The van der Waals surface area contributed by atoms with Crippen LogP contribution in [0.5, 0.6) is 0 Å². The molecule has 2 aromatic heterocycles. The molecule has 1 N–H and O–H groups in total. The summed E-state index contributed by atoms with van der Waals surface area (Å²) in [4.78, 5) is 30.4. The molecule has 4 rings (SSSR count). The van der Waals surface area contributed by atoms with Crippen molar-refractivity contribution in [3.05, 3.63) is 42.5 Å². The van der Waals surface area contributed by atoms with E-state index in [1.807, 2.05) is 42.4 Å². The molecule has 0 aromatic carbocycles. The van der Waals surface area contributed by atoms with E-state index >= 15 is 0 Å². The van der Waals surface area contributed by atoms with Crippen LogP contribution in [0.25, 0.3) is 0 Å². The molecule has 2 aliphatic rings. The van der Waals surface area contributed by atoms with E-state index in [0.717, 1.165) is 67.9 Å². The smallest absolute Gasteiger partial charge is 0.225 e. The summed E-state index contributed by atoms with van der Waals surface area (Å²) in [7, 11) is 0. The fourth-order valence-electron chi connectivity index (χ4n) is 3.63. The number of carbonyl (C=O) groups is 1. The van der Waals surface area contributed by atoms with Gasteiger partial charge in [0.1, 0.15) is 0 Å². The van der Waals surface area contributed by atoms with E-state index in [0.29, 0.717) is 6.54 Å². The van der Waals surface area contributed by atoms with E-state index in [1.54, 1.807) is 6.20 Å². The Morgan fingerprint density at radius 2 is 1.79 bits per heavy atom. The van der Waals surface area contributed by atoms with Crippen molar-refractivity contribution < 1.29 is 4.79 Å². The van der Waals surface area contributed by atoms with Crippen molar-refractivity contribution in [2.45, 2.75) is 19.4 Å². The van der Waals surface area contributed by atoms with Crippen LogP contribution >= 0.6 is 11.8 Å². The molecule has 0 spiro atoms. The lowest BCUT2D eigenvalue weighted by Crippen LogP contribution is -2.40. The highest BCUT2D eigenvalue weighted by atomic mass is 32.2. The number of aromatic nitrogens is 3. The molecule has 0 bridgehead atoms. The number of nitrogens with zero attached hydrogens (tertiary/aromatic N) is 5. The van der Waals surface area contributed by atoms with Crippen molar-refractivity contribution in [3.63, 3.8) is 0 Å². The first-order valence-corrected chi connectivity index (χ1v) is 11.0. The van der Waals surface area contributed by atoms with Crippen LogP contribution in [0, 0.1) is 5.92 Å². The van der Waals surface area contributed by atoms with E-state index in [1.165, 1.54) is 0 Å². The van der Waals surface area contributed by atoms with E-state index in [4.69, 9.17) is 0 Å². The van der Waals surface area contributed by atoms with Crippen LogP contribution in [-0.2, 0) is 11.3 Å². The number of pyridine rings is 1. The molecule has 7 nitrogen and oxygen atoms in total. The van der Waals surface area contributed by atoms with Gasteiger partial charge < -0.3 is 15.1 Å². The number of nitrogens with one attached hydrogen (secondary N) is 1. The maximum Gasteiger partial charge on any atom is 0.225 e. The molecule has 0 aliphatic carbocycles. The van der Waals surface area contributed by atoms with Crippen LogP contribution in [0.2, 0.25) is 0 Å². The SMILES string of the molecule is O=C(NCc1ccccn1)C1CCN(c2cnc(N3CCSCC3)nc2)CC1. The molecule has 28 heavy (non-hydrogen) atoms. The van der Waals surface area contributed by atoms with Crippen LogP contribution in [0.1, 0.15) is 18.5 Å². The molecule has 0 radical (unpaired) electrons. The summed E-state index contributed by atoms with van der Waals surface area (Å²) < 4.78 is 0. The monoisotopic (exact) mass is 398 g/mol. The van der Waals surface area contributed by atoms with Gasteiger partial charge >= 0.3 is 0 Å². The zero-order valence-corrected chi connectivity index (χ0v) is 16.8. The molecule has 2 aliphatic heterocycles. The van der Waals surface area contributed by atoms with Crippen LogP contribution in [0.4, 0.5) is 11.6 Å². The highest BCUT2D eigenvalue weighted by molar-refractivity contribution is 7.99. The van der Waals surface area contributed by atoms with Gasteiger partial charge in [-0.3, -0.25) is 9.78 Å². The molecular weight excluding hydrogens is 372 g/mol. The minimum absolute atomic E-state index is 0.0611. The molecule has 2 saturated heterocycles. The zero-order valence-electron chi connectivity index (χ0n) is 16.0. The summed E-state index contributed by atoms with van der Waals surface area (Å²) in [5, 5.41) is 3.02. The second-order valence-electron chi connectivity index (χ2n) is 7.14. The Labute approximate surface area is 170 Å². The Morgan fingerprint density at radius 1 is 1.04 bits per heavy atom. The number of hydrogen-bond donors (Lipinski definition) is 1. The lowest BCUT2D eigenvalue weighted by Gasteiger charge is -2.33. The van der Waals surface area contributed by atoms with Gasteiger partial charge in [0.25, 0.3) is 0 Å². The Hall–Kier alpha value is -2.35. The Balaban J connectivity index is 1.26. The third-order valence-corrected chi connectivity index (χ3v) is 6.26. The number of hydrogen-bond acceptors (Lipinski definition) is 7. The molecule has 0 unspecified atom stereocenters. The lowest BCUT2D eigenvalue weighted by molar-refractivity contribution is -0.125. The van der Waals surface area contributed by atoms with Gasteiger partial charge in [0, 0.05) is 49.8 Å². The van der Waals surface area contributed by atoms with Crippen molar-refractivity contribution in [1.29, 1.82) is 0 Å². The molecule has 0 saturated carbocycles. The Bertz CT molecular complexity index is 758. The summed E-state index contributed by atoms with van der Waals surface area (Å²) in [5.41, 5.74) is 1.93. The van der Waals surface area contributed by atoms with Gasteiger partial charge in [0.2, 0.25) is 11.9 Å². The summed E-state index contributed by atoms with van der Waals surface area (Å²) >= 11 is 1.98. The predicted octanol–water partition coefficient (Wildman–Crippen LogP) is 1.96. The third kappa shape index (κ3) is 4.73. The van der Waals surface area contributed by atoms with Crippen molar-refractivity contribution >= 4 is 29.3 Å². The third-order valence-electron chi connectivity index (χ3n) is 5.32. The fraction of sp³-hybridized carbons (Fsp3) is 0.500. The number of anilines is 2. The number of piperidine rings is 1. The Kier molecular flexibility index (Phi) is 6.26. The van der Waals surface area contributed by atoms with Crippen molar-refractivity contribution in [2.75, 3.05) is 47.5 Å². The predicted molar refractivity (Wildman–Crippen MR) is 113 cm³/mol. The van der Waals surface area contributed by atoms with Crippen LogP contribution in [-0.4, -0.2) is 58.5 Å². The van der Waals surface area contributed by atoms with Gasteiger partial charge in [-0.05, 0) is 25.0 Å². The molecule has 2 aromatic rings. The summed E-state index contributed by atoms with van der Waals surface area (Å²) in [6.45, 7) is 4.23. The van der Waals surface area contributed by atoms with Crippen LogP contribution < -0.4 is 15.1 Å². The van der Waals surface area contributed by atoms with E-state index in [-0.39, 0.29) is 11.8 Å². The fourth-order valence-corrected chi connectivity index (χ4v) is 4.53. The molecule has 8 heteroatoms. The minimum atomic E-state index is 0.0611. The highest BCUT2D eigenvalue weighted by Gasteiger charge is 2.25. The lowest BCUT2D eigenvalue weighted by atomic mass is 9.95. The normalized spacial score (nSPS) is 18.1. The molecule has 148 valence electrons. The molecule has 4 heterocycles. The van der Waals surface area contributed by atoms with Gasteiger partial charge in [-0.25, -0.2) is 9.97 Å². The topological polar surface area (TPSA) is 74.2 Å². The molecule has 2 fully saturated rings. The van der Waals surface area contributed by atoms with E-state index < -0.39 is 0 Å². The average molecular weight is 399 g/mol. The average Bonchev–Trinajstić information content (AvgIpc) is 2.79. The summed E-state index contributed by atoms with van der Waals surface area (Å²) in [6, 6.07) is 5.74. The van der Waals surface area contributed by atoms with Crippen molar-refractivity contribution in [1.82, 2.24) is 20.3 Å². The van der Waals surface area contributed by atoms with E-state index in [9.17, 15) is 4.79 Å². The second kappa shape index (κ2) is 9.23. The maximum absolute atomic E-state index is 12.4. The molecule has 0 atom stereocenters. The van der Waals surface area contributed by atoms with Gasteiger partial charge in [0.05, 0.1) is 30.3 Å².